The van der Waals surface area contributed by atoms with E-state index < -0.39 is 15.6 Å². The van der Waals surface area contributed by atoms with Crippen molar-refractivity contribution in [1.82, 2.24) is 0 Å². The fourth-order valence-electron chi connectivity index (χ4n) is 1.37. The summed E-state index contributed by atoms with van der Waals surface area (Å²) in [6, 6.07) is 5.32. The van der Waals surface area contributed by atoms with Gasteiger partial charge in [0, 0.05) is 11.8 Å². The van der Waals surface area contributed by atoms with Gasteiger partial charge in [0.25, 0.3) is 0 Å². The fraction of sp³-hybridized carbons (Fsp3) is 0.364. The predicted octanol–water partition coefficient (Wildman–Crippen LogP) is 1.53. The molecule has 0 N–H and O–H groups in total. The van der Waals surface area contributed by atoms with Crippen LogP contribution >= 0.6 is 0 Å². The minimum Gasteiger partial charge on any atom is -0.293 e. The Morgan fingerprint density at radius 1 is 1.27 bits per heavy atom. The highest BCUT2D eigenvalue weighted by Gasteiger charge is 2.15. The quantitative estimate of drug-likeness (QED) is 0.734. The molecule has 15 heavy (non-hydrogen) atoms. The SMILES string of the molecule is Cc1cccc(C(=O)CS(C)(=O)=O)c1C. The second-order valence-electron chi connectivity index (χ2n) is 3.74. The van der Waals surface area contributed by atoms with E-state index in [1.165, 1.54) is 0 Å². The normalized spacial score (nSPS) is 11.4. The molecule has 0 bridgehead atoms. The van der Waals surface area contributed by atoms with E-state index in [2.05, 4.69) is 0 Å². The first-order chi connectivity index (χ1) is 6.81. The van der Waals surface area contributed by atoms with Gasteiger partial charge in [0.2, 0.25) is 0 Å². The number of hydrogen-bond donors (Lipinski definition) is 0. The lowest BCUT2D eigenvalue weighted by Gasteiger charge is -2.06. The number of carbonyl (C=O) groups excluding carboxylic acids is 1. The van der Waals surface area contributed by atoms with E-state index in [0.29, 0.717) is 5.56 Å². The Bertz CT molecular complexity index is 487. The van der Waals surface area contributed by atoms with Gasteiger partial charge in [-0.05, 0) is 25.0 Å². The zero-order valence-electron chi connectivity index (χ0n) is 9.07. The van der Waals surface area contributed by atoms with Crippen molar-refractivity contribution in [3.8, 4) is 0 Å². The fourth-order valence-corrected chi connectivity index (χ4v) is 2.00. The van der Waals surface area contributed by atoms with Crippen LogP contribution in [0.5, 0.6) is 0 Å². The summed E-state index contributed by atoms with van der Waals surface area (Å²) < 4.78 is 22.0. The van der Waals surface area contributed by atoms with Crippen molar-refractivity contribution in [2.45, 2.75) is 13.8 Å². The molecule has 0 saturated heterocycles. The Kier molecular flexibility index (Phi) is 3.29. The van der Waals surface area contributed by atoms with Gasteiger partial charge in [-0.2, -0.15) is 0 Å². The molecule has 0 fully saturated rings. The van der Waals surface area contributed by atoms with Crippen molar-refractivity contribution in [1.29, 1.82) is 0 Å². The van der Waals surface area contributed by atoms with Gasteiger partial charge in [0.05, 0.1) is 0 Å². The maximum Gasteiger partial charge on any atom is 0.178 e. The van der Waals surface area contributed by atoms with Crippen molar-refractivity contribution >= 4 is 15.6 Å². The van der Waals surface area contributed by atoms with Crippen LogP contribution in [0.15, 0.2) is 18.2 Å². The van der Waals surface area contributed by atoms with E-state index in [0.717, 1.165) is 17.4 Å². The molecule has 1 aromatic rings. The van der Waals surface area contributed by atoms with Gasteiger partial charge < -0.3 is 0 Å². The number of sulfone groups is 1. The van der Waals surface area contributed by atoms with Crippen LogP contribution in [0.3, 0.4) is 0 Å². The Hall–Kier alpha value is -1.16. The number of aryl methyl sites for hydroxylation is 1. The molecule has 1 aromatic carbocycles. The molecule has 0 spiro atoms. The average Bonchev–Trinajstić information content (AvgIpc) is 2.06. The molecular formula is C11H14O3S. The van der Waals surface area contributed by atoms with Crippen LogP contribution in [0.25, 0.3) is 0 Å². The standard InChI is InChI=1S/C11H14O3S/c1-8-5-4-6-10(9(8)2)11(12)7-15(3,13)14/h4-6H,7H2,1-3H3. The topological polar surface area (TPSA) is 51.2 Å². The summed E-state index contributed by atoms with van der Waals surface area (Å²) in [5.74, 6) is -0.754. The van der Waals surface area contributed by atoms with E-state index in [4.69, 9.17) is 0 Å². The molecule has 0 aromatic heterocycles. The lowest BCUT2D eigenvalue weighted by atomic mass is 10.0. The molecule has 0 amide bonds. The monoisotopic (exact) mass is 226 g/mol. The molecule has 0 aliphatic heterocycles. The Morgan fingerprint density at radius 3 is 2.40 bits per heavy atom. The van der Waals surface area contributed by atoms with Crippen LogP contribution in [-0.4, -0.2) is 26.2 Å². The van der Waals surface area contributed by atoms with Crippen LogP contribution in [0.4, 0.5) is 0 Å². The molecule has 0 aliphatic rings. The van der Waals surface area contributed by atoms with Gasteiger partial charge in [-0.25, -0.2) is 8.42 Å². The summed E-state index contributed by atoms with van der Waals surface area (Å²) in [6.45, 7) is 3.72. The van der Waals surface area contributed by atoms with Crippen LogP contribution in [0.2, 0.25) is 0 Å². The van der Waals surface area contributed by atoms with E-state index >= 15 is 0 Å². The number of ketones is 1. The second kappa shape index (κ2) is 4.14. The van der Waals surface area contributed by atoms with E-state index in [-0.39, 0.29) is 5.78 Å². The van der Waals surface area contributed by atoms with Crippen molar-refractivity contribution in [2.75, 3.05) is 12.0 Å². The lowest BCUT2D eigenvalue weighted by Crippen LogP contribution is -2.15. The molecule has 0 saturated carbocycles. The third kappa shape index (κ3) is 3.16. The van der Waals surface area contributed by atoms with Crippen molar-refractivity contribution < 1.29 is 13.2 Å². The van der Waals surface area contributed by atoms with E-state index in [1.54, 1.807) is 12.1 Å². The maximum absolute atomic E-state index is 11.7. The van der Waals surface area contributed by atoms with Gasteiger partial charge >= 0.3 is 0 Å². The Labute approximate surface area is 90.0 Å². The molecule has 0 aliphatic carbocycles. The zero-order valence-corrected chi connectivity index (χ0v) is 9.89. The van der Waals surface area contributed by atoms with Crippen LogP contribution < -0.4 is 0 Å². The first-order valence-electron chi connectivity index (χ1n) is 4.58. The predicted molar refractivity (Wildman–Crippen MR) is 60.0 cm³/mol. The zero-order chi connectivity index (χ0) is 11.6. The Morgan fingerprint density at radius 2 is 1.87 bits per heavy atom. The molecule has 0 radical (unpaired) electrons. The third-order valence-corrected chi connectivity index (χ3v) is 3.08. The first-order valence-corrected chi connectivity index (χ1v) is 6.64. The molecule has 1 rings (SSSR count). The van der Waals surface area contributed by atoms with Gasteiger partial charge in [0.1, 0.15) is 5.75 Å². The second-order valence-corrected chi connectivity index (χ2v) is 5.88. The molecule has 3 nitrogen and oxygen atoms in total. The summed E-state index contributed by atoms with van der Waals surface area (Å²) in [6.07, 6.45) is 1.07. The summed E-state index contributed by atoms with van der Waals surface area (Å²) in [5, 5.41) is 0. The Balaban J connectivity index is 3.08. The van der Waals surface area contributed by atoms with Gasteiger partial charge in [-0.3, -0.25) is 4.79 Å². The van der Waals surface area contributed by atoms with E-state index in [9.17, 15) is 13.2 Å². The van der Waals surface area contributed by atoms with Gasteiger partial charge in [-0.1, -0.05) is 18.2 Å². The summed E-state index contributed by atoms with van der Waals surface area (Å²) in [4.78, 5) is 11.7. The molecule has 82 valence electrons. The molecule has 0 unspecified atom stereocenters. The summed E-state index contributed by atoms with van der Waals surface area (Å²) >= 11 is 0. The van der Waals surface area contributed by atoms with Crippen molar-refractivity contribution in [3.63, 3.8) is 0 Å². The highest BCUT2D eigenvalue weighted by Crippen LogP contribution is 2.13. The van der Waals surface area contributed by atoms with Crippen LogP contribution in [0, 0.1) is 13.8 Å². The molecule has 0 atom stereocenters. The summed E-state index contributed by atoms with van der Waals surface area (Å²) in [5.41, 5.74) is 2.35. The summed E-state index contributed by atoms with van der Waals surface area (Å²) in [7, 11) is -3.25. The third-order valence-electron chi connectivity index (χ3n) is 2.30. The van der Waals surface area contributed by atoms with E-state index in [1.807, 2.05) is 19.9 Å². The van der Waals surface area contributed by atoms with Crippen LogP contribution in [0.1, 0.15) is 21.5 Å². The molecular weight excluding hydrogens is 212 g/mol. The van der Waals surface area contributed by atoms with Gasteiger partial charge in [-0.15, -0.1) is 0 Å². The number of benzene rings is 1. The average molecular weight is 226 g/mol. The minimum atomic E-state index is -3.25. The first kappa shape index (κ1) is 11.9. The largest absolute Gasteiger partial charge is 0.293 e. The minimum absolute atomic E-state index is 0.335. The lowest BCUT2D eigenvalue weighted by molar-refractivity contribution is 0.102. The maximum atomic E-state index is 11.7. The van der Waals surface area contributed by atoms with Crippen LogP contribution in [-0.2, 0) is 9.84 Å². The number of carbonyl (C=O) groups is 1. The highest BCUT2D eigenvalue weighted by atomic mass is 32.2. The number of Topliss-reactive ketones (excluding diaryl/α,β-unsaturated/α-hetero) is 1. The van der Waals surface area contributed by atoms with Crippen molar-refractivity contribution in [2.24, 2.45) is 0 Å². The molecule has 4 heteroatoms. The highest BCUT2D eigenvalue weighted by molar-refractivity contribution is 7.91. The van der Waals surface area contributed by atoms with Crippen molar-refractivity contribution in [3.05, 3.63) is 34.9 Å². The number of hydrogen-bond acceptors (Lipinski definition) is 3. The molecule has 0 heterocycles. The number of rotatable bonds is 3. The van der Waals surface area contributed by atoms with Gasteiger partial charge in [0.15, 0.2) is 15.6 Å². The smallest absolute Gasteiger partial charge is 0.178 e.